The van der Waals surface area contributed by atoms with Crippen molar-refractivity contribution in [2.75, 3.05) is 5.32 Å². The van der Waals surface area contributed by atoms with Gasteiger partial charge in [-0.15, -0.1) is 0 Å². The summed E-state index contributed by atoms with van der Waals surface area (Å²) >= 11 is 0. The third-order valence-corrected chi connectivity index (χ3v) is 6.00. The first kappa shape index (κ1) is 17.6. The lowest BCUT2D eigenvalue weighted by atomic mass is 9.76. The van der Waals surface area contributed by atoms with Gasteiger partial charge in [0.2, 0.25) is 0 Å². The van der Waals surface area contributed by atoms with E-state index in [-0.39, 0.29) is 11.6 Å². The van der Waals surface area contributed by atoms with Crippen LogP contribution in [0.25, 0.3) is 16.5 Å². The number of H-pyrrole nitrogens is 1. The summed E-state index contributed by atoms with van der Waals surface area (Å²) in [6.07, 6.45) is 13.0. The summed E-state index contributed by atoms with van der Waals surface area (Å²) in [5, 5.41) is 12.4. The van der Waals surface area contributed by atoms with Crippen molar-refractivity contribution in [3.63, 3.8) is 0 Å². The molecule has 3 aliphatic rings. The molecule has 1 radical (unpaired) electrons. The third kappa shape index (κ3) is 2.85. The van der Waals surface area contributed by atoms with Crippen LogP contribution >= 0.6 is 0 Å². The van der Waals surface area contributed by atoms with E-state index in [4.69, 9.17) is 4.65 Å². The van der Waals surface area contributed by atoms with E-state index >= 15 is 0 Å². The first-order valence-corrected chi connectivity index (χ1v) is 10.1. The topological polar surface area (TPSA) is 49.9 Å². The lowest BCUT2D eigenvalue weighted by molar-refractivity contribution is 0.184. The van der Waals surface area contributed by atoms with E-state index < -0.39 is 0 Å². The molecular formula is C23H25BN3O. The highest BCUT2D eigenvalue weighted by atomic mass is 16.5. The molecule has 28 heavy (non-hydrogen) atoms. The molecule has 1 atom stereocenters. The molecule has 1 aromatic carbocycles. The van der Waals surface area contributed by atoms with E-state index in [0.29, 0.717) is 0 Å². The number of nitrogens with one attached hydrogen (secondary N) is 2. The Balaban J connectivity index is 1.63. The van der Waals surface area contributed by atoms with Crippen molar-refractivity contribution in [3.8, 4) is 0 Å². The number of benzene rings is 1. The van der Waals surface area contributed by atoms with E-state index in [1.807, 2.05) is 19.8 Å². The molecule has 3 heterocycles. The van der Waals surface area contributed by atoms with E-state index in [9.17, 15) is 0 Å². The summed E-state index contributed by atoms with van der Waals surface area (Å²) in [6, 6.07) is 4.44. The van der Waals surface area contributed by atoms with E-state index in [0.717, 1.165) is 23.8 Å². The smallest absolute Gasteiger partial charge is 0.330 e. The average Bonchev–Trinajstić information content (AvgIpc) is 3.31. The molecule has 5 rings (SSSR count). The van der Waals surface area contributed by atoms with E-state index in [2.05, 4.69) is 60.2 Å². The zero-order chi connectivity index (χ0) is 19.3. The van der Waals surface area contributed by atoms with E-state index in [1.54, 1.807) is 0 Å². The molecule has 1 aliphatic carbocycles. The van der Waals surface area contributed by atoms with Crippen LogP contribution < -0.4 is 5.32 Å². The van der Waals surface area contributed by atoms with Gasteiger partial charge in [0.1, 0.15) is 0 Å². The molecular weight excluding hydrogens is 345 g/mol. The molecule has 2 N–H and O–H groups in total. The number of hydrogen-bond donors (Lipinski definition) is 2. The van der Waals surface area contributed by atoms with Gasteiger partial charge in [-0.3, -0.25) is 5.10 Å². The maximum atomic E-state index is 5.75. The summed E-state index contributed by atoms with van der Waals surface area (Å²) in [5.41, 5.74) is 8.66. The van der Waals surface area contributed by atoms with Crippen LogP contribution in [0.5, 0.6) is 0 Å². The van der Waals surface area contributed by atoms with Gasteiger partial charge >= 0.3 is 7.48 Å². The van der Waals surface area contributed by atoms with Crippen molar-refractivity contribution < 1.29 is 4.65 Å². The van der Waals surface area contributed by atoms with Gasteiger partial charge in [0.05, 0.1) is 23.4 Å². The molecule has 1 unspecified atom stereocenters. The average molecular weight is 370 g/mol. The van der Waals surface area contributed by atoms with Gasteiger partial charge in [0, 0.05) is 16.6 Å². The summed E-state index contributed by atoms with van der Waals surface area (Å²) in [6.45, 7) is 8.27. The minimum atomic E-state index is -0.243. The second-order valence-electron chi connectivity index (χ2n) is 8.44. The van der Waals surface area contributed by atoms with Crippen molar-refractivity contribution in [2.45, 2.75) is 51.2 Å². The van der Waals surface area contributed by atoms with Crippen LogP contribution in [0, 0.1) is 0 Å². The maximum absolute atomic E-state index is 5.75. The molecule has 4 nitrogen and oxygen atoms in total. The van der Waals surface area contributed by atoms with Crippen molar-refractivity contribution in [1.29, 1.82) is 0 Å². The van der Waals surface area contributed by atoms with Gasteiger partial charge in [0.25, 0.3) is 0 Å². The standard InChI is InChI=1S/C23H25BN3O/c1-4-14(11-15-12-23(2,3)28-24-15)22-17-8-6-5-7-16(17)21-18-13-25-27-19(18)9-10-20(21)26-22/h4,9-13,22,26H,1,5-8H2,2-3H3,(H,25,27)/b14-11+. The Morgan fingerprint density at radius 2 is 2.18 bits per heavy atom. The highest BCUT2D eigenvalue weighted by Gasteiger charge is 2.32. The Morgan fingerprint density at radius 1 is 1.32 bits per heavy atom. The van der Waals surface area contributed by atoms with Crippen LogP contribution in [-0.4, -0.2) is 29.3 Å². The number of aromatic nitrogens is 2. The Hall–Kier alpha value is -2.53. The number of anilines is 1. The zero-order valence-corrected chi connectivity index (χ0v) is 16.5. The molecule has 0 saturated carbocycles. The third-order valence-electron chi connectivity index (χ3n) is 6.00. The van der Waals surface area contributed by atoms with E-state index in [1.165, 1.54) is 46.2 Å². The number of allylic oxidation sites excluding steroid dienone is 3. The quantitative estimate of drug-likeness (QED) is 0.583. The number of fused-ring (bicyclic) bond motifs is 4. The molecule has 0 spiro atoms. The van der Waals surface area contributed by atoms with Crippen LogP contribution in [0.15, 0.2) is 59.8 Å². The van der Waals surface area contributed by atoms with Crippen LogP contribution in [0.4, 0.5) is 5.69 Å². The summed E-state index contributed by atoms with van der Waals surface area (Å²) in [5.74, 6) is 0. The first-order valence-electron chi connectivity index (χ1n) is 10.1. The normalized spacial score (nSPS) is 23.6. The van der Waals surface area contributed by atoms with Gasteiger partial charge in [0.15, 0.2) is 0 Å². The Kier molecular flexibility index (Phi) is 4.09. The largest absolute Gasteiger partial charge is 0.426 e. The summed E-state index contributed by atoms with van der Waals surface area (Å²) in [4.78, 5) is 0. The Bertz CT molecular complexity index is 1060. The van der Waals surface area contributed by atoms with Crippen LogP contribution in [-0.2, 0) is 4.65 Å². The van der Waals surface area contributed by atoms with Crippen molar-refractivity contribution >= 4 is 29.6 Å². The van der Waals surface area contributed by atoms with Gasteiger partial charge in [-0.2, -0.15) is 5.10 Å². The number of hydrogen-bond acceptors (Lipinski definition) is 3. The predicted molar refractivity (Wildman–Crippen MR) is 116 cm³/mol. The molecule has 0 amide bonds. The second kappa shape index (κ2) is 6.52. The molecule has 0 saturated heterocycles. The lowest BCUT2D eigenvalue weighted by Gasteiger charge is -2.36. The number of aromatic amines is 1. The Morgan fingerprint density at radius 3 is 2.96 bits per heavy atom. The molecule has 2 aromatic rings. The van der Waals surface area contributed by atoms with Crippen molar-refractivity contribution in [2.24, 2.45) is 0 Å². The SMILES string of the molecule is C=C/C(=C\C1=CC(C)(C)O[B]1)C1Nc2ccc3[nH]ncc3c2C2=C1CCCC2. The molecule has 0 fully saturated rings. The fourth-order valence-corrected chi connectivity index (χ4v) is 4.74. The van der Waals surface area contributed by atoms with Crippen LogP contribution in [0.3, 0.4) is 0 Å². The van der Waals surface area contributed by atoms with Gasteiger partial charge in [-0.1, -0.05) is 30.3 Å². The minimum Gasteiger partial charge on any atom is -0.426 e. The molecule has 1 aromatic heterocycles. The van der Waals surface area contributed by atoms with Crippen LogP contribution in [0.1, 0.15) is 45.1 Å². The van der Waals surface area contributed by atoms with Crippen molar-refractivity contribution in [3.05, 3.63) is 65.3 Å². The van der Waals surface area contributed by atoms with Crippen LogP contribution in [0.2, 0.25) is 0 Å². The predicted octanol–water partition coefficient (Wildman–Crippen LogP) is 5.11. The fourth-order valence-electron chi connectivity index (χ4n) is 4.74. The number of rotatable bonds is 3. The highest BCUT2D eigenvalue weighted by Crippen LogP contribution is 2.46. The first-order chi connectivity index (χ1) is 13.6. The Labute approximate surface area is 166 Å². The minimum absolute atomic E-state index is 0.155. The molecule has 141 valence electrons. The molecule has 5 heteroatoms. The second-order valence-corrected chi connectivity index (χ2v) is 8.44. The monoisotopic (exact) mass is 370 g/mol. The highest BCUT2D eigenvalue weighted by molar-refractivity contribution is 6.40. The van der Waals surface area contributed by atoms with Gasteiger partial charge < -0.3 is 9.97 Å². The molecule has 2 aliphatic heterocycles. The van der Waals surface area contributed by atoms with Gasteiger partial charge in [-0.25, -0.2) is 0 Å². The summed E-state index contributed by atoms with van der Waals surface area (Å²) in [7, 11) is 1.85. The zero-order valence-electron chi connectivity index (χ0n) is 16.5. The maximum Gasteiger partial charge on any atom is 0.330 e. The van der Waals surface area contributed by atoms with Crippen molar-refractivity contribution in [1.82, 2.24) is 10.2 Å². The summed E-state index contributed by atoms with van der Waals surface area (Å²) < 4.78 is 5.75. The molecule has 0 bridgehead atoms. The lowest BCUT2D eigenvalue weighted by Crippen LogP contribution is -2.30. The van der Waals surface area contributed by atoms with Gasteiger partial charge in [-0.05, 0) is 68.4 Å². The fraction of sp³-hybridized carbons (Fsp3) is 0.348. The number of nitrogens with zero attached hydrogens (tertiary/aromatic N) is 1.